The Morgan fingerprint density at radius 3 is 3.12 bits per heavy atom. The standard InChI is InChI=1S/C15H13NO/c17-10-2-1-9-7-14-11(13(9)8-10)3-4-15-12(14)5-6-16-15/h3-6,8-9,16H,1-2,7H2. The summed E-state index contributed by atoms with van der Waals surface area (Å²) in [5.41, 5.74) is 5.21. The molecule has 2 aliphatic rings. The van der Waals surface area contributed by atoms with Crippen molar-refractivity contribution in [2.75, 3.05) is 0 Å². The van der Waals surface area contributed by atoms with E-state index in [1.54, 1.807) is 0 Å². The molecule has 2 aromatic rings. The largest absolute Gasteiger partial charge is 0.361 e. The van der Waals surface area contributed by atoms with Gasteiger partial charge in [0.2, 0.25) is 0 Å². The fourth-order valence-electron chi connectivity index (χ4n) is 3.28. The van der Waals surface area contributed by atoms with E-state index in [0.717, 1.165) is 19.3 Å². The summed E-state index contributed by atoms with van der Waals surface area (Å²) < 4.78 is 0. The van der Waals surface area contributed by atoms with Crippen LogP contribution in [0.15, 0.2) is 30.5 Å². The molecule has 0 saturated heterocycles. The van der Waals surface area contributed by atoms with Gasteiger partial charge in [-0.2, -0.15) is 0 Å². The first-order chi connectivity index (χ1) is 8.33. The van der Waals surface area contributed by atoms with Crippen LogP contribution >= 0.6 is 0 Å². The summed E-state index contributed by atoms with van der Waals surface area (Å²) >= 11 is 0. The van der Waals surface area contributed by atoms with Gasteiger partial charge in [-0.1, -0.05) is 6.07 Å². The lowest BCUT2D eigenvalue weighted by molar-refractivity contribution is -0.115. The van der Waals surface area contributed by atoms with Crippen molar-refractivity contribution >= 4 is 22.3 Å². The van der Waals surface area contributed by atoms with Crippen molar-refractivity contribution in [2.45, 2.75) is 19.3 Å². The first-order valence-corrected chi connectivity index (χ1v) is 6.17. The van der Waals surface area contributed by atoms with Crippen molar-refractivity contribution in [2.24, 2.45) is 5.92 Å². The average Bonchev–Trinajstić information content (AvgIpc) is 2.91. The SMILES string of the molecule is O=C1C=C2c3ccc4[nH]ccc4c3CC2CC1. The molecule has 0 fully saturated rings. The molecule has 1 N–H and O–H groups in total. The van der Waals surface area contributed by atoms with Gasteiger partial charge in [-0.3, -0.25) is 4.79 Å². The smallest absolute Gasteiger partial charge is 0.156 e. The Bertz CT molecular complexity index is 663. The zero-order valence-corrected chi connectivity index (χ0v) is 9.49. The highest BCUT2D eigenvalue weighted by Gasteiger charge is 2.31. The first-order valence-electron chi connectivity index (χ1n) is 6.17. The average molecular weight is 223 g/mol. The van der Waals surface area contributed by atoms with Crippen molar-refractivity contribution in [1.29, 1.82) is 0 Å². The van der Waals surface area contributed by atoms with Gasteiger partial charge in [-0.15, -0.1) is 0 Å². The molecular weight excluding hydrogens is 210 g/mol. The lowest BCUT2D eigenvalue weighted by Crippen LogP contribution is -2.09. The highest BCUT2D eigenvalue weighted by atomic mass is 16.1. The van der Waals surface area contributed by atoms with Crippen LogP contribution in [-0.2, 0) is 11.2 Å². The zero-order chi connectivity index (χ0) is 11.4. The van der Waals surface area contributed by atoms with E-state index in [-0.39, 0.29) is 0 Å². The van der Waals surface area contributed by atoms with E-state index in [1.807, 2.05) is 12.3 Å². The van der Waals surface area contributed by atoms with Crippen LogP contribution in [0.2, 0.25) is 0 Å². The van der Waals surface area contributed by atoms with E-state index >= 15 is 0 Å². The molecule has 84 valence electrons. The number of benzene rings is 1. The fraction of sp³-hybridized carbons (Fsp3) is 0.267. The van der Waals surface area contributed by atoms with E-state index in [0.29, 0.717) is 11.7 Å². The van der Waals surface area contributed by atoms with Gasteiger partial charge >= 0.3 is 0 Å². The Balaban J connectivity index is 2.00. The molecule has 0 spiro atoms. The molecule has 1 aromatic heterocycles. The summed E-state index contributed by atoms with van der Waals surface area (Å²) in [6, 6.07) is 6.43. The number of carbonyl (C=O) groups excluding carboxylic acids is 1. The summed E-state index contributed by atoms with van der Waals surface area (Å²) in [5, 5.41) is 1.32. The molecule has 0 saturated carbocycles. The molecule has 1 unspecified atom stereocenters. The number of ketones is 1. The molecule has 1 atom stereocenters. The summed E-state index contributed by atoms with van der Waals surface area (Å²) in [7, 11) is 0. The minimum absolute atomic E-state index is 0.290. The van der Waals surface area contributed by atoms with E-state index < -0.39 is 0 Å². The minimum atomic E-state index is 0.290. The van der Waals surface area contributed by atoms with Crippen LogP contribution in [0.25, 0.3) is 16.5 Å². The van der Waals surface area contributed by atoms with E-state index in [9.17, 15) is 4.79 Å². The van der Waals surface area contributed by atoms with Crippen molar-refractivity contribution in [3.63, 3.8) is 0 Å². The predicted octanol–water partition coefficient (Wildman–Crippen LogP) is 3.09. The number of aromatic nitrogens is 1. The molecule has 0 aliphatic heterocycles. The number of carbonyl (C=O) groups is 1. The molecule has 2 nitrogen and oxygen atoms in total. The van der Waals surface area contributed by atoms with Crippen LogP contribution in [0.3, 0.4) is 0 Å². The lowest BCUT2D eigenvalue weighted by Gasteiger charge is -2.15. The molecule has 0 bridgehead atoms. The Labute approximate surface area is 99.3 Å². The molecule has 0 radical (unpaired) electrons. The zero-order valence-electron chi connectivity index (χ0n) is 9.49. The number of hydrogen-bond donors (Lipinski definition) is 1. The molecule has 2 aliphatic carbocycles. The van der Waals surface area contributed by atoms with Crippen LogP contribution in [0.4, 0.5) is 0 Å². The summed E-state index contributed by atoms with van der Waals surface area (Å²) in [4.78, 5) is 14.8. The molecule has 1 heterocycles. The Morgan fingerprint density at radius 2 is 2.18 bits per heavy atom. The summed E-state index contributed by atoms with van der Waals surface area (Å²) in [5.74, 6) is 0.862. The summed E-state index contributed by atoms with van der Waals surface area (Å²) in [6.45, 7) is 0. The van der Waals surface area contributed by atoms with Gasteiger partial charge < -0.3 is 4.98 Å². The molecule has 1 aromatic carbocycles. The van der Waals surface area contributed by atoms with Crippen LogP contribution < -0.4 is 0 Å². The third-order valence-electron chi connectivity index (χ3n) is 4.10. The van der Waals surface area contributed by atoms with Crippen LogP contribution in [0, 0.1) is 5.92 Å². The number of rotatable bonds is 0. The van der Waals surface area contributed by atoms with Crippen LogP contribution in [0.5, 0.6) is 0 Å². The van der Waals surface area contributed by atoms with Crippen LogP contribution in [-0.4, -0.2) is 10.8 Å². The van der Waals surface area contributed by atoms with Crippen molar-refractivity contribution in [1.82, 2.24) is 4.98 Å². The van der Waals surface area contributed by atoms with Gasteiger partial charge in [0.15, 0.2) is 5.78 Å². The van der Waals surface area contributed by atoms with Crippen molar-refractivity contribution < 1.29 is 4.79 Å². The van der Waals surface area contributed by atoms with Crippen LogP contribution in [0.1, 0.15) is 24.0 Å². The maximum Gasteiger partial charge on any atom is 0.156 e. The van der Waals surface area contributed by atoms with Crippen molar-refractivity contribution in [3.8, 4) is 0 Å². The van der Waals surface area contributed by atoms with E-state index in [2.05, 4.69) is 23.2 Å². The van der Waals surface area contributed by atoms with Gasteiger partial charge in [-0.25, -0.2) is 0 Å². The second-order valence-electron chi connectivity index (χ2n) is 5.04. The fourth-order valence-corrected chi connectivity index (χ4v) is 3.28. The maximum atomic E-state index is 11.5. The Hall–Kier alpha value is -1.83. The van der Waals surface area contributed by atoms with E-state index in [4.69, 9.17) is 0 Å². The van der Waals surface area contributed by atoms with Gasteiger partial charge in [0.25, 0.3) is 0 Å². The molecule has 4 rings (SSSR count). The summed E-state index contributed by atoms with van der Waals surface area (Å²) in [6.07, 6.45) is 6.71. The Kier molecular flexibility index (Phi) is 1.68. The maximum absolute atomic E-state index is 11.5. The van der Waals surface area contributed by atoms with Gasteiger partial charge in [0.1, 0.15) is 0 Å². The number of H-pyrrole nitrogens is 1. The van der Waals surface area contributed by atoms with Gasteiger partial charge in [0, 0.05) is 23.5 Å². The number of fused-ring (bicyclic) bond motifs is 5. The third kappa shape index (κ3) is 1.18. The molecule has 2 heteroatoms. The quantitative estimate of drug-likeness (QED) is 0.731. The topological polar surface area (TPSA) is 32.9 Å². The molecular formula is C15H13NO. The van der Waals surface area contributed by atoms with Crippen molar-refractivity contribution in [3.05, 3.63) is 41.6 Å². The number of nitrogens with one attached hydrogen (secondary N) is 1. The van der Waals surface area contributed by atoms with Gasteiger partial charge in [-0.05, 0) is 53.7 Å². The normalized spacial score (nSPS) is 22.5. The van der Waals surface area contributed by atoms with E-state index in [1.165, 1.54) is 27.6 Å². The highest BCUT2D eigenvalue weighted by molar-refractivity contribution is 6.02. The third-order valence-corrected chi connectivity index (χ3v) is 4.10. The van der Waals surface area contributed by atoms with Gasteiger partial charge in [0.05, 0.1) is 0 Å². The minimum Gasteiger partial charge on any atom is -0.361 e. The second-order valence-corrected chi connectivity index (χ2v) is 5.04. The second kappa shape index (κ2) is 3.10. The number of allylic oxidation sites excluding steroid dienone is 2. The predicted molar refractivity (Wildman–Crippen MR) is 67.7 cm³/mol. The highest BCUT2D eigenvalue weighted by Crippen LogP contribution is 2.44. The number of hydrogen-bond acceptors (Lipinski definition) is 1. The first kappa shape index (κ1) is 9.23. The molecule has 17 heavy (non-hydrogen) atoms. The molecule has 0 amide bonds. The number of aromatic amines is 1. The monoisotopic (exact) mass is 223 g/mol. The lowest BCUT2D eigenvalue weighted by atomic mass is 9.88. The Morgan fingerprint density at radius 1 is 1.24 bits per heavy atom.